The van der Waals surface area contributed by atoms with Crippen LogP contribution >= 0.6 is 0 Å². The van der Waals surface area contributed by atoms with Gasteiger partial charge in [0, 0.05) is 25.7 Å². The van der Waals surface area contributed by atoms with Gasteiger partial charge in [0.05, 0.1) is 0 Å². The van der Waals surface area contributed by atoms with Crippen molar-refractivity contribution in [3.8, 4) is 0 Å². The molecule has 0 aliphatic rings. The molecule has 0 fully saturated rings. The van der Waals surface area contributed by atoms with E-state index in [0.717, 1.165) is 12.8 Å². The van der Waals surface area contributed by atoms with Crippen LogP contribution in [-0.2, 0) is 0 Å². The number of rotatable bonds is 4. The van der Waals surface area contributed by atoms with Gasteiger partial charge in [0.25, 0.3) is 0 Å². The first-order valence-electron chi connectivity index (χ1n) is 3.25. The van der Waals surface area contributed by atoms with E-state index in [-0.39, 0.29) is 0 Å². The third kappa shape index (κ3) is 7.21. The van der Waals surface area contributed by atoms with Gasteiger partial charge in [0.1, 0.15) is 0 Å². The number of unbranched alkanes of at least 4 members (excludes halogenated alkanes) is 1. The monoisotopic (exact) mass is 126 g/mol. The maximum absolute atomic E-state index is 3.98. The van der Waals surface area contributed by atoms with Crippen LogP contribution in [0.1, 0.15) is 19.8 Å². The van der Waals surface area contributed by atoms with Crippen molar-refractivity contribution in [3.63, 3.8) is 0 Å². The smallest absolute Gasteiger partial charge is 0.0420 e. The molecule has 0 aliphatic heterocycles. The highest BCUT2D eigenvalue weighted by Gasteiger charge is 1.68. The lowest BCUT2D eigenvalue weighted by atomic mass is 10.4. The fourth-order valence-electron chi connectivity index (χ4n) is 0.382. The number of hydrogen-bond donors (Lipinski definition) is 1. The predicted octanol–water partition coefficient (Wildman–Crippen LogP) is 1.55. The van der Waals surface area contributed by atoms with E-state index in [1.54, 1.807) is 12.4 Å². The quantitative estimate of drug-likeness (QED) is 0.568. The number of nitrogens with zero attached hydrogens (tertiary/aromatic N) is 1. The Hall–Kier alpha value is -0.790. The lowest BCUT2D eigenvalue weighted by Crippen LogP contribution is -1.89. The van der Waals surface area contributed by atoms with Crippen molar-refractivity contribution in [2.24, 2.45) is 4.99 Å². The van der Waals surface area contributed by atoms with Crippen LogP contribution in [0.25, 0.3) is 0 Å². The molecule has 9 heavy (non-hydrogen) atoms. The van der Waals surface area contributed by atoms with Gasteiger partial charge in [-0.1, -0.05) is 13.3 Å². The SMILES string of the molecule is CCCC=NC=CNC. The number of aliphatic imine (C=N–C) groups is 1. The van der Waals surface area contributed by atoms with Crippen molar-refractivity contribution < 1.29 is 0 Å². The molecule has 0 heterocycles. The van der Waals surface area contributed by atoms with Gasteiger partial charge in [-0.25, -0.2) is 0 Å². The van der Waals surface area contributed by atoms with Gasteiger partial charge in [-0.05, 0) is 6.42 Å². The Kier molecular flexibility index (Phi) is 6.58. The van der Waals surface area contributed by atoms with Crippen molar-refractivity contribution in [2.75, 3.05) is 7.05 Å². The summed E-state index contributed by atoms with van der Waals surface area (Å²) in [7, 11) is 1.85. The summed E-state index contributed by atoms with van der Waals surface area (Å²) < 4.78 is 0. The summed E-state index contributed by atoms with van der Waals surface area (Å²) in [5.41, 5.74) is 0. The highest BCUT2D eigenvalue weighted by atomic mass is 14.8. The molecule has 0 radical (unpaired) electrons. The summed E-state index contributed by atoms with van der Waals surface area (Å²) in [5.74, 6) is 0. The highest BCUT2D eigenvalue weighted by molar-refractivity contribution is 5.57. The van der Waals surface area contributed by atoms with E-state index >= 15 is 0 Å². The molecule has 0 rings (SSSR count). The average molecular weight is 126 g/mol. The van der Waals surface area contributed by atoms with E-state index in [1.807, 2.05) is 13.3 Å². The predicted molar refractivity (Wildman–Crippen MR) is 41.6 cm³/mol. The molecule has 1 N–H and O–H groups in total. The van der Waals surface area contributed by atoms with Crippen molar-refractivity contribution in [2.45, 2.75) is 19.8 Å². The third-order valence-corrected chi connectivity index (χ3v) is 0.850. The Bertz CT molecular complexity index is 95.1. The maximum atomic E-state index is 3.98. The van der Waals surface area contributed by atoms with Gasteiger partial charge >= 0.3 is 0 Å². The fraction of sp³-hybridized carbons (Fsp3) is 0.571. The first-order chi connectivity index (χ1) is 4.41. The largest absolute Gasteiger partial charge is 0.393 e. The number of nitrogens with one attached hydrogen (secondary N) is 1. The average Bonchev–Trinajstić information content (AvgIpc) is 1.89. The zero-order valence-corrected chi connectivity index (χ0v) is 6.09. The van der Waals surface area contributed by atoms with E-state index in [2.05, 4.69) is 17.2 Å². The molecule has 0 atom stereocenters. The molecule has 0 spiro atoms. The third-order valence-electron chi connectivity index (χ3n) is 0.850. The molecule has 0 saturated heterocycles. The van der Waals surface area contributed by atoms with Crippen LogP contribution < -0.4 is 5.32 Å². The summed E-state index contributed by atoms with van der Waals surface area (Å²) in [5, 5.41) is 2.85. The van der Waals surface area contributed by atoms with Crippen LogP contribution in [0.4, 0.5) is 0 Å². The van der Waals surface area contributed by atoms with E-state index in [9.17, 15) is 0 Å². The van der Waals surface area contributed by atoms with Gasteiger partial charge in [0.2, 0.25) is 0 Å². The van der Waals surface area contributed by atoms with E-state index in [1.165, 1.54) is 0 Å². The summed E-state index contributed by atoms with van der Waals surface area (Å²) in [6, 6.07) is 0. The summed E-state index contributed by atoms with van der Waals surface area (Å²) >= 11 is 0. The molecule has 0 saturated carbocycles. The lowest BCUT2D eigenvalue weighted by molar-refractivity contribution is 1.01. The lowest BCUT2D eigenvalue weighted by Gasteiger charge is -1.81. The van der Waals surface area contributed by atoms with Crippen LogP contribution in [-0.4, -0.2) is 13.3 Å². The Balaban J connectivity index is 3.13. The van der Waals surface area contributed by atoms with Crippen LogP contribution in [0, 0.1) is 0 Å². The molecule has 2 nitrogen and oxygen atoms in total. The van der Waals surface area contributed by atoms with Crippen molar-refractivity contribution >= 4 is 6.21 Å². The van der Waals surface area contributed by atoms with E-state index < -0.39 is 0 Å². The Morgan fingerprint density at radius 2 is 2.33 bits per heavy atom. The van der Waals surface area contributed by atoms with Crippen LogP contribution in [0.15, 0.2) is 17.4 Å². The van der Waals surface area contributed by atoms with Crippen molar-refractivity contribution in [3.05, 3.63) is 12.4 Å². The van der Waals surface area contributed by atoms with Gasteiger partial charge < -0.3 is 5.32 Å². The Labute approximate surface area is 56.7 Å². The molecule has 0 aromatic heterocycles. The minimum atomic E-state index is 1.06. The second kappa shape index (κ2) is 7.21. The molecule has 0 unspecified atom stereocenters. The first kappa shape index (κ1) is 8.21. The van der Waals surface area contributed by atoms with Gasteiger partial charge in [-0.3, -0.25) is 4.99 Å². The van der Waals surface area contributed by atoms with Gasteiger partial charge in [-0.15, -0.1) is 0 Å². The number of hydrogen-bond acceptors (Lipinski definition) is 2. The molecular formula is C7H14N2. The topological polar surface area (TPSA) is 24.4 Å². The fourth-order valence-corrected chi connectivity index (χ4v) is 0.382. The summed E-state index contributed by atoms with van der Waals surface area (Å²) in [4.78, 5) is 3.98. The zero-order valence-electron chi connectivity index (χ0n) is 6.09. The molecule has 0 amide bonds. The highest BCUT2D eigenvalue weighted by Crippen LogP contribution is 1.80. The van der Waals surface area contributed by atoms with Crippen molar-refractivity contribution in [1.82, 2.24) is 5.32 Å². The minimum Gasteiger partial charge on any atom is -0.393 e. The molecule has 0 aromatic carbocycles. The minimum absolute atomic E-state index is 1.06. The zero-order chi connectivity index (χ0) is 6.95. The second-order valence-electron chi connectivity index (χ2n) is 1.72. The molecule has 0 aliphatic carbocycles. The molecule has 2 heteroatoms. The first-order valence-corrected chi connectivity index (χ1v) is 3.25. The second-order valence-corrected chi connectivity index (χ2v) is 1.72. The van der Waals surface area contributed by atoms with Gasteiger partial charge in [0.15, 0.2) is 0 Å². The molecule has 0 aromatic rings. The molecule has 0 bridgehead atoms. The molecular weight excluding hydrogens is 112 g/mol. The normalized spacial score (nSPS) is 11.3. The van der Waals surface area contributed by atoms with E-state index in [0.29, 0.717) is 0 Å². The molecule has 52 valence electrons. The Morgan fingerprint density at radius 1 is 1.56 bits per heavy atom. The summed E-state index contributed by atoms with van der Waals surface area (Å²) in [6.07, 6.45) is 7.68. The van der Waals surface area contributed by atoms with Crippen LogP contribution in [0.5, 0.6) is 0 Å². The maximum Gasteiger partial charge on any atom is 0.0420 e. The van der Waals surface area contributed by atoms with Crippen molar-refractivity contribution in [1.29, 1.82) is 0 Å². The Morgan fingerprint density at radius 3 is 2.89 bits per heavy atom. The van der Waals surface area contributed by atoms with Gasteiger partial charge in [-0.2, -0.15) is 0 Å². The van der Waals surface area contributed by atoms with Crippen LogP contribution in [0.3, 0.4) is 0 Å². The van der Waals surface area contributed by atoms with E-state index in [4.69, 9.17) is 0 Å². The van der Waals surface area contributed by atoms with Crippen LogP contribution in [0.2, 0.25) is 0 Å². The summed E-state index contributed by atoms with van der Waals surface area (Å²) in [6.45, 7) is 2.13. The standard InChI is InChI=1S/C7H14N2/c1-3-4-5-9-7-6-8-2/h5-8H,3-4H2,1-2H3.